The van der Waals surface area contributed by atoms with Gasteiger partial charge in [0.1, 0.15) is 24.4 Å². The molecule has 0 aromatic carbocycles. The maximum Gasteiger partial charge on any atom is 0.373 e. The fraction of sp³-hybridized carbons (Fsp3) is 0.412. The summed E-state index contributed by atoms with van der Waals surface area (Å²) in [6.07, 6.45) is 25.1. The second-order valence-electron chi connectivity index (χ2n) is 17.1. The zero-order chi connectivity index (χ0) is 46.6. The molecule has 2 aliphatic heterocycles. The molecule has 0 radical (unpaired) electrons. The Morgan fingerprint density at radius 3 is 1.59 bits per heavy atom. The van der Waals surface area contributed by atoms with Crippen LogP contribution in [0.15, 0.2) is 153 Å². The summed E-state index contributed by atoms with van der Waals surface area (Å²) >= 11 is 0. The van der Waals surface area contributed by atoms with E-state index in [1.807, 2.05) is 134 Å². The molecule has 4 N–H and O–H groups in total. The number of esters is 2. The Kier molecular flexibility index (Phi) is 17.9. The lowest BCUT2D eigenvalue weighted by Crippen LogP contribution is -2.40. The molecule has 338 valence electrons. The number of allylic oxidation sites excluding steroid dienone is 20. The number of ether oxygens (including phenoxy) is 4. The summed E-state index contributed by atoms with van der Waals surface area (Å²) in [4.78, 5) is 49.1. The molecule has 4 aliphatic rings. The van der Waals surface area contributed by atoms with Gasteiger partial charge in [-0.2, -0.15) is 0 Å². The van der Waals surface area contributed by atoms with E-state index in [0.717, 1.165) is 45.6 Å². The van der Waals surface area contributed by atoms with E-state index in [1.165, 1.54) is 0 Å². The summed E-state index contributed by atoms with van der Waals surface area (Å²) in [5.74, 6) is -3.18. The first-order chi connectivity index (χ1) is 29.7. The first kappa shape index (κ1) is 50.0. The largest absolute Gasteiger partial charge is 0.502 e. The Morgan fingerprint density at radius 1 is 0.683 bits per heavy atom. The quantitative estimate of drug-likeness (QED) is 0.0769. The molecule has 2 heterocycles. The Morgan fingerprint density at radius 2 is 1.11 bits per heavy atom. The molecule has 0 amide bonds. The van der Waals surface area contributed by atoms with Gasteiger partial charge in [-0.3, -0.25) is 9.59 Å². The van der Waals surface area contributed by atoms with Crippen molar-refractivity contribution in [3.8, 4) is 0 Å². The average molecular weight is 867 g/mol. The fourth-order valence-corrected chi connectivity index (χ4v) is 7.43. The van der Waals surface area contributed by atoms with Gasteiger partial charge < -0.3 is 39.4 Å². The second-order valence-corrected chi connectivity index (χ2v) is 17.1. The number of hydrogen-bond acceptors (Lipinski definition) is 12. The molecule has 63 heavy (non-hydrogen) atoms. The number of carbonyl (C=O) groups is 4. The SMILES string of the molecule is CC1=C(/C=C/C(C)=C/C=C/C(C)=C/C=C/C=C(C)/C=C/C=C(C)/C=C/C2=C(C)C(=O)C(OCC(O)C3C=C(O)C(=O)O3)CC2(C)C)C(C)CC(OCC(O)C2C=C(O)C(=O)O2)C1=O. The molecule has 7 unspecified atom stereocenters. The Bertz CT molecular complexity index is 2190. The lowest BCUT2D eigenvalue weighted by Gasteiger charge is -2.37. The Hall–Kier alpha value is -5.66. The van der Waals surface area contributed by atoms with Crippen molar-refractivity contribution in [1.82, 2.24) is 0 Å². The lowest BCUT2D eigenvalue weighted by molar-refractivity contribution is -0.150. The van der Waals surface area contributed by atoms with E-state index >= 15 is 0 Å². The molecule has 4 rings (SSSR count). The molecular weight excluding hydrogens is 805 g/mol. The van der Waals surface area contributed by atoms with Gasteiger partial charge in [0.05, 0.1) is 13.2 Å². The summed E-state index contributed by atoms with van der Waals surface area (Å²) in [7, 11) is 0. The maximum absolute atomic E-state index is 13.2. The molecule has 0 saturated carbocycles. The van der Waals surface area contributed by atoms with Crippen molar-refractivity contribution in [3.05, 3.63) is 153 Å². The van der Waals surface area contributed by atoms with Crippen molar-refractivity contribution >= 4 is 23.5 Å². The average Bonchev–Trinajstić information content (AvgIpc) is 3.75. The smallest absolute Gasteiger partial charge is 0.373 e. The highest BCUT2D eigenvalue weighted by atomic mass is 16.6. The van der Waals surface area contributed by atoms with E-state index in [4.69, 9.17) is 18.9 Å². The van der Waals surface area contributed by atoms with Gasteiger partial charge in [0.15, 0.2) is 23.8 Å². The van der Waals surface area contributed by atoms with Crippen molar-refractivity contribution < 1.29 is 58.6 Å². The maximum atomic E-state index is 13.2. The van der Waals surface area contributed by atoms with E-state index in [2.05, 4.69) is 0 Å². The first-order valence-corrected chi connectivity index (χ1v) is 21.1. The van der Waals surface area contributed by atoms with Crippen molar-refractivity contribution in [2.24, 2.45) is 11.3 Å². The zero-order valence-corrected chi connectivity index (χ0v) is 37.7. The molecule has 2 aliphatic carbocycles. The van der Waals surface area contributed by atoms with E-state index < -0.39 is 60.1 Å². The number of carbonyl (C=O) groups excluding carboxylic acids is 4. The third-order valence-corrected chi connectivity index (χ3v) is 11.2. The van der Waals surface area contributed by atoms with Crippen LogP contribution in [0.25, 0.3) is 0 Å². The molecule has 0 fully saturated rings. The number of ketones is 2. The predicted octanol–water partition coefficient (Wildman–Crippen LogP) is 8.02. The summed E-state index contributed by atoms with van der Waals surface area (Å²) in [6.45, 7) is 17.2. The van der Waals surface area contributed by atoms with Crippen LogP contribution in [0.3, 0.4) is 0 Å². The number of aliphatic hydroxyl groups is 4. The highest BCUT2D eigenvalue weighted by Crippen LogP contribution is 2.41. The van der Waals surface area contributed by atoms with Gasteiger partial charge in [-0.25, -0.2) is 9.59 Å². The first-order valence-electron chi connectivity index (χ1n) is 21.1. The van der Waals surface area contributed by atoms with Gasteiger partial charge in [0.25, 0.3) is 0 Å². The highest BCUT2D eigenvalue weighted by Gasteiger charge is 2.40. The van der Waals surface area contributed by atoms with Gasteiger partial charge in [-0.05, 0) is 88.0 Å². The molecule has 7 atom stereocenters. The molecule has 0 bridgehead atoms. The second kappa shape index (κ2) is 22.6. The van der Waals surface area contributed by atoms with Crippen molar-refractivity contribution in [2.75, 3.05) is 13.2 Å². The van der Waals surface area contributed by atoms with Crippen molar-refractivity contribution in [1.29, 1.82) is 0 Å². The third-order valence-electron chi connectivity index (χ3n) is 11.2. The van der Waals surface area contributed by atoms with Gasteiger partial charge in [0.2, 0.25) is 11.5 Å². The summed E-state index contributed by atoms with van der Waals surface area (Å²) in [5, 5.41) is 39.6. The molecular formula is C51H62O12. The fourth-order valence-electron chi connectivity index (χ4n) is 7.43. The van der Waals surface area contributed by atoms with Gasteiger partial charge in [0, 0.05) is 12.2 Å². The summed E-state index contributed by atoms with van der Waals surface area (Å²) in [6, 6.07) is 0. The van der Waals surface area contributed by atoms with E-state index in [9.17, 15) is 39.6 Å². The number of Topliss-reactive ketones (excluding diaryl/α,β-unsaturated/α-hetero) is 2. The van der Waals surface area contributed by atoms with Crippen LogP contribution < -0.4 is 0 Å². The molecule has 0 saturated heterocycles. The minimum absolute atomic E-state index is 0.0414. The Labute approximate surface area is 370 Å². The zero-order valence-electron chi connectivity index (χ0n) is 37.7. The van der Waals surface area contributed by atoms with Crippen LogP contribution in [-0.4, -0.2) is 93.8 Å². The van der Waals surface area contributed by atoms with E-state index in [0.29, 0.717) is 24.0 Å². The van der Waals surface area contributed by atoms with Crippen LogP contribution >= 0.6 is 0 Å². The Balaban J connectivity index is 1.23. The number of aliphatic hydroxyl groups excluding tert-OH is 4. The van der Waals surface area contributed by atoms with Gasteiger partial charge in [-0.15, -0.1) is 0 Å². The summed E-state index contributed by atoms with van der Waals surface area (Å²) < 4.78 is 21.3. The standard InChI is InChI=1S/C51H62O12/c1-30(16-12-18-32(3)20-22-37-34(5)24-45(47(56)35(37)6)60-28-41(54)43-25-39(52)49(58)62-43)14-10-11-15-31(2)17-13-19-33(4)21-23-38-36(7)48(57)46(27-51(38,8)9)61-29-42(55)44-26-40(53)50(59)63-44/h10-23,25-26,34,41-46,52-55H,24,27-29H2,1-9H3/b11-10+,16-12+,17-13+,22-20+,23-21+,30-14+,31-15+,32-18+,33-19+. The van der Waals surface area contributed by atoms with Crippen molar-refractivity contribution in [2.45, 2.75) is 112 Å². The highest BCUT2D eigenvalue weighted by molar-refractivity contribution is 6.01. The molecule has 0 spiro atoms. The molecule has 12 nitrogen and oxygen atoms in total. The van der Waals surface area contributed by atoms with Gasteiger partial charge in [-0.1, -0.05) is 128 Å². The predicted molar refractivity (Wildman–Crippen MR) is 241 cm³/mol. The van der Waals surface area contributed by atoms with Crippen LogP contribution in [0.5, 0.6) is 0 Å². The topological polar surface area (TPSA) is 186 Å². The normalized spacial score (nSPS) is 26.6. The van der Waals surface area contributed by atoms with E-state index in [-0.39, 0.29) is 36.1 Å². The number of hydrogen-bond donors (Lipinski definition) is 4. The number of cyclic esters (lactones) is 2. The minimum atomic E-state index is -1.21. The molecule has 12 heteroatoms. The van der Waals surface area contributed by atoms with Crippen LogP contribution in [0.2, 0.25) is 0 Å². The molecule has 0 aromatic heterocycles. The van der Waals surface area contributed by atoms with Crippen LogP contribution in [0, 0.1) is 11.3 Å². The van der Waals surface area contributed by atoms with Gasteiger partial charge >= 0.3 is 11.9 Å². The monoisotopic (exact) mass is 866 g/mol. The number of rotatable bonds is 18. The minimum Gasteiger partial charge on any atom is -0.502 e. The molecule has 0 aromatic rings. The van der Waals surface area contributed by atoms with Crippen LogP contribution in [0.1, 0.15) is 75.2 Å². The van der Waals surface area contributed by atoms with Crippen molar-refractivity contribution in [3.63, 3.8) is 0 Å². The third kappa shape index (κ3) is 14.2. The summed E-state index contributed by atoms with van der Waals surface area (Å²) in [5.41, 5.74) is 6.80. The van der Waals surface area contributed by atoms with Crippen LogP contribution in [-0.2, 0) is 38.1 Å². The lowest BCUT2D eigenvalue weighted by atomic mass is 9.71. The van der Waals surface area contributed by atoms with Crippen LogP contribution in [0.4, 0.5) is 0 Å². The van der Waals surface area contributed by atoms with E-state index in [1.54, 1.807) is 13.8 Å².